The summed E-state index contributed by atoms with van der Waals surface area (Å²) < 4.78 is 6.62. The van der Waals surface area contributed by atoms with E-state index in [0.29, 0.717) is 12.2 Å². The molecule has 0 aromatic carbocycles. The van der Waals surface area contributed by atoms with Crippen molar-refractivity contribution < 1.29 is 9.53 Å². The molecule has 0 fully saturated rings. The first-order valence-electron chi connectivity index (χ1n) is 4.84. The third kappa shape index (κ3) is 2.79. The van der Waals surface area contributed by atoms with Gasteiger partial charge in [0.05, 0.1) is 18.4 Å². The molecule has 0 aliphatic rings. The molecule has 0 saturated carbocycles. The summed E-state index contributed by atoms with van der Waals surface area (Å²) >= 11 is 0. The van der Waals surface area contributed by atoms with Crippen LogP contribution < -0.4 is 5.32 Å². The van der Waals surface area contributed by atoms with Crippen LogP contribution >= 0.6 is 0 Å². The van der Waals surface area contributed by atoms with Crippen LogP contribution in [0.3, 0.4) is 0 Å². The average Bonchev–Trinajstić information content (AvgIpc) is 2.48. The van der Waals surface area contributed by atoms with Crippen molar-refractivity contribution in [2.75, 3.05) is 13.7 Å². The van der Waals surface area contributed by atoms with E-state index in [-0.39, 0.29) is 11.9 Å². The van der Waals surface area contributed by atoms with Crippen LogP contribution in [0.25, 0.3) is 0 Å². The maximum absolute atomic E-state index is 11.7. The second-order valence-electron chi connectivity index (χ2n) is 3.60. The lowest BCUT2D eigenvalue weighted by Gasteiger charge is -2.12. The number of nitrogens with zero attached hydrogens (tertiary/aromatic N) is 2. The number of carbonyl (C=O) groups excluding carboxylic acids is 1. The van der Waals surface area contributed by atoms with Crippen molar-refractivity contribution in [3.63, 3.8) is 0 Å². The van der Waals surface area contributed by atoms with E-state index in [1.807, 2.05) is 20.9 Å². The quantitative estimate of drug-likeness (QED) is 0.788. The predicted molar refractivity (Wildman–Crippen MR) is 56.7 cm³/mol. The summed E-state index contributed by atoms with van der Waals surface area (Å²) in [5, 5.41) is 6.85. The minimum Gasteiger partial charge on any atom is -0.383 e. The van der Waals surface area contributed by atoms with E-state index in [1.54, 1.807) is 18.0 Å². The minimum absolute atomic E-state index is 0.00195. The molecule has 0 bridgehead atoms. The Bertz CT molecular complexity index is 346. The van der Waals surface area contributed by atoms with Gasteiger partial charge in [-0.2, -0.15) is 5.10 Å². The van der Waals surface area contributed by atoms with Crippen LogP contribution in [0.1, 0.15) is 23.0 Å². The van der Waals surface area contributed by atoms with Crippen molar-refractivity contribution >= 4 is 5.91 Å². The zero-order valence-electron chi connectivity index (χ0n) is 9.57. The van der Waals surface area contributed by atoms with E-state index >= 15 is 0 Å². The Morgan fingerprint density at radius 3 is 2.87 bits per heavy atom. The Morgan fingerprint density at radius 2 is 2.40 bits per heavy atom. The van der Waals surface area contributed by atoms with E-state index in [2.05, 4.69) is 10.4 Å². The van der Waals surface area contributed by atoms with Gasteiger partial charge in [0, 0.05) is 25.9 Å². The lowest BCUT2D eigenvalue weighted by atomic mass is 10.2. The zero-order chi connectivity index (χ0) is 11.4. The Balaban J connectivity index is 2.65. The highest BCUT2D eigenvalue weighted by atomic mass is 16.5. The van der Waals surface area contributed by atoms with Crippen LogP contribution in [0.2, 0.25) is 0 Å². The van der Waals surface area contributed by atoms with Crippen molar-refractivity contribution in [3.05, 3.63) is 17.5 Å². The number of methoxy groups -OCH3 is 1. The number of hydrogen-bond donors (Lipinski definition) is 1. The smallest absolute Gasteiger partial charge is 0.255 e. The first-order chi connectivity index (χ1) is 7.06. The fourth-order valence-electron chi connectivity index (χ4n) is 1.31. The van der Waals surface area contributed by atoms with E-state index in [0.717, 1.165) is 5.69 Å². The van der Waals surface area contributed by atoms with Gasteiger partial charge in [-0.25, -0.2) is 0 Å². The molecule has 1 amide bonds. The second kappa shape index (κ2) is 4.93. The van der Waals surface area contributed by atoms with Crippen LogP contribution in [-0.2, 0) is 11.8 Å². The number of ether oxygens (including phenoxy) is 1. The van der Waals surface area contributed by atoms with Gasteiger partial charge < -0.3 is 10.1 Å². The van der Waals surface area contributed by atoms with Gasteiger partial charge in [-0.1, -0.05) is 0 Å². The molecule has 0 radical (unpaired) electrons. The summed E-state index contributed by atoms with van der Waals surface area (Å²) in [6.07, 6.45) is 1.57. The van der Waals surface area contributed by atoms with Crippen molar-refractivity contribution in [2.45, 2.75) is 19.9 Å². The van der Waals surface area contributed by atoms with Gasteiger partial charge in [0.25, 0.3) is 5.91 Å². The molecule has 1 unspecified atom stereocenters. The van der Waals surface area contributed by atoms with Crippen molar-refractivity contribution in [1.29, 1.82) is 0 Å². The molecule has 1 rings (SSSR count). The molecular weight excluding hydrogens is 194 g/mol. The van der Waals surface area contributed by atoms with Gasteiger partial charge in [0.1, 0.15) is 0 Å². The fraction of sp³-hybridized carbons (Fsp3) is 0.600. The molecular formula is C10H17N3O2. The Hall–Kier alpha value is -1.36. The number of carbonyl (C=O) groups is 1. The van der Waals surface area contributed by atoms with E-state index in [1.165, 1.54) is 0 Å². The highest BCUT2D eigenvalue weighted by Crippen LogP contribution is 2.05. The Labute approximate surface area is 89.4 Å². The lowest BCUT2D eigenvalue weighted by Crippen LogP contribution is -2.35. The van der Waals surface area contributed by atoms with Gasteiger partial charge in [0.2, 0.25) is 0 Å². The standard InChI is InChI=1S/C10H17N3O2/c1-7(6-15-4)12-10(14)9-5-11-13(3)8(9)2/h5,7H,6H2,1-4H3,(H,12,14). The molecule has 0 aliphatic heterocycles. The molecule has 5 heteroatoms. The number of aryl methyl sites for hydroxylation is 1. The molecule has 1 aromatic rings. The zero-order valence-corrected chi connectivity index (χ0v) is 9.57. The van der Waals surface area contributed by atoms with Gasteiger partial charge in [-0.3, -0.25) is 9.48 Å². The van der Waals surface area contributed by atoms with Gasteiger partial charge in [-0.15, -0.1) is 0 Å². The minimum atomic E-state index is -0.106. The topological polar surface area (TPSA) is 56.1 Å². The van der Waals surface area contributed by atoms with Crippen LogP contribution in [0.5, 0.6) is 0 Å². The molecule has 1 aromatic heterocycles. The van der Waals surface area contributed by atoms with Crippen molar-refractivity contribution in [2.24, 2.45) is 7.05 Å². The third-order valence-corrected chi connectivity index (χ3v) is 2.27. The van der Waals surface area contributed by atoms with E-state index in [4.69, 9.17) is 4.74 Å². The van der Waals surface area contributed by atoms with Crippen LogP contribution in [-0.4, -0.2) is 35.4 Å². The first-order valence-corrected chi connectivity index (χ1v) is 4.84. The normalized spacial score (nSPS) is 12.5. The number of nitrogens with one attached hydrogen (secondary N) is 1. The van der Waals surface area contributed by atoms with Gasteiger partial charge >= 0.3 is 0 Å². The molecule has 5 nitrogen and oxygen atoms in total. The largest absolute Gasteiger partial charge is 0.383 e. The first kappa shape index (κ1) is 11.7. The molecule has 0 spiro atoms. The van der Waals surface area contributed by atoms with Crippen molar-refractivity contribution in [1.82, 2.24) is 15.1 Å². The Kier molecular flexibility index (Phi) is 3.85. The summed E-state index contributed by atoms with van der Waals surface area (Å²) in [5.41, 5.74) is 1.47. The fourth-order valence-corrected chi connectivity index (χ4v) is 1.31. The number of rotatable bonds is 4. The van der Waals surface area contributed by atoms with Crippen LogP contribution in [0.15, 0.2) is 6.20 Å². The van der Waals surface area contributed by atoms with Crippen molar-refractivity contribution in [3.8, 4) is 0 Å². The van der Waals surface area contributed by atoms with E-state index < -0.39 is 0 Å². The van der Waals surface area contributed by atoms with Gasteiger partial charge in [0.15, 0.2) is 0 Å². The molecule has 0 saturated heterocycles. The summed E-state index contributed by atoms with van der Waals surface area (Å²) in [6.45, 7) is 4.26. The maximum Gasteiger partial charge on any atom is 0.255 e. The predicted octanol–water partition coefficient (Wildman–Crippen LogP) is 0.493. The highest BCUT2D eigenvalue weighted by molar-refractivity contribution is 5.95. The monoisotopic (exact) mass is 211 g/mol. The molecule has 1 N–H and O–H groups in total. The summed E-state index contributed by atoms with van der Waals surface area (Å²) in [5.74, 6) is -0.106. The van der Waals surface area contributed by atoms with Gasteiger partial charge in [-0.05, 0) is 13.8 Å². The number of hydrogen-bond acceptors (Lipinski definition) is 3. The van der Waals surface area contributed by atoms with Crippen LogP contribution in [0, 0.1) is 6.92 Å². The summed E-state index contributed by atoms with van der Waals surface area (Å²) in [7, 11) is 3.42. The van der Waals surface area contributed by atoms with Crippen LogP contribution in [0.4, 0.5) is 0 Å². The van der Waals surface area contributed by atoms with E-state index in [9.17, 15) is 4.79 Å². The molecule has 15 heavy (non-hydrogen) atoms. The maximum atomic E-state index is 11.7. The molecule has 84 valence electrons. The lowest BCUT2D eigenvalue weighted by molar-refractivity contribution is 0.0905. The highest BCUT2D eigenvalue weighted by Gasteiger charge is 2.14. The molecule has 1 atom stereocenters. The second-order valence-corrected chi connectivity index (χ2v) is 3.60. The number of aromatic nitrogens is 2. The number of amides is 1. The average molecular weight is 211 g/mol. The summed E-state index contributed by atoms with van der Waals surface area (Å²) in [6, 6.07) is 0.00195. The molecule has 0 aliphatic carbocycles. The summed E-state index contributed by atoms with van der Waals surface area (Å²) in [4.78, 5) is 11.7. The SMILES string of the molecule is COCC(C)NC(=O)c1cnn(C)c1C. The molecule has 1 heterocycles. The Morgan fingerprint density at radius 1 is 1.73 bits per heavy atom. The third-order valence-electron chi connectivity index (χ3n) is 2.27.